The molecule has 2 aromatic rings. The summed E-state index contributed by atoms with van der Waals surface area (Å²) in [4.78, 5) is 12.5. The predicted octanol–water partition coefficient (Wildman–Crippen LogP) is 3.54. The van der Waals surface area contributed by atoms with Crippen LogP contribution in [0.5, 0.6) is 23.0 Å². The third kappa shape index (κ3) is 3.45. The van der Waals surface area contributed by atoms with Gasteiger partial charge >= 0.3 is 0 Å². The molecule has 0 saturated carbocycles. The molecule has 0 amide bonds. The van der Waals surface area contributed by atoms with Gasteiger partial charge in [-0.3, -0.25) is 4.79 Å². The number of fused-ring (bicyclic) bond motifs is 1. The van der Waals surface area contributed by atoms with Crippen molar-refractivity contribution in [2.45, 2.75) is 6.42 Å². The van der Waals surface area contributed by atoms with Gasteiger partial charge in [-0.15, -0.1) is 0 Å². The number of benzene rings is 2. The van der Waals surface area contributed by atoms with Gasteiger partial charge in [0.1, 0.15) is 11.5 Å². The highest BCUT2D eigenvalue weighted by Crippen LogP contribution is 2.35. The highest BCUT2D eigenvalue weighted by molar-refractivity contribution is 6.07. The molecule has 0 aliphatic carbocycles. The topological polar surface area (TPSA) is 54.0 Å². The predicted molar refractivity (Wildman–Crippen MR) is 95.1 cm³/mol. The Hall–Kier alpha value is -2.95. The fourth-order valence-electron chi connectivity index (χ4n) is 2.78. The number of rotatable bonds is 6. The van der Waals surface area contributed by atoms with E-state index in [1.54, 1.807) is 45.6 Å². The molecule has 0 aromatic heterocycles. The summed E-state index contributed by atoms with van der Waals surface area (Å²) < 4.78 is 21.4. The molecule has 0 bridgehead atoms. The smallest absolute Gasteiger partial charge is 0.185 e. The summed E-state index contributed by atoms with van der Waals surface area (Å²) in [6.45, 7) is 0.672. The van der Waals surface area contributed by atoms with Gasteiger partial charge in [0.2, 0.25) is 0 Å². The van der Waals surface area contributed by atoms with Gasteiger partial charge in [-0.25, -0.2) is 0 Å². The Balaban J connectivity index is 1.87. The van der Waals surface area contributed by atoms with Gasteiger partial charge in [0.15, 0.2) is 17.3 Å². The lowest BCUT2D eigenvalue weighted by Gasteiger charge is -2.12. The van der Waals surface area contributed by atoms with Crippen molar-refractivity contribution in [3.63, 3.8) is 0 Å². The molecule has 0 atom stereocenters. The van der Waals surface area contributed by atoms with Crippen molar-refractivity contribution in [1.82, 2.24) is 0 Å². The summed E-state index contributed by atoms with van der Waals surface area (Å²) in [6, 6.07) is 9.03. The van der Waals surface area contributed by atoms with E-state index >= 15 is 0 Å². The Morgan fingerprint density at radius 1 is 1.00 bits per heavy atom. The largest absolute Gasteiger partial charge is 0.496 e. The molecule has 25 heavy (non-hydrogen) atoms. The van der Waals surface area contributed by atoms with Crippen LogP contribution in [0.1, 0.15) is 21.5 Å². The Kier molecular flexibility index (Phi) is 4.93. The van der Waals surface area contributed by atoms with Crippen LogP contribution in [0, 0.1) is 0 Å². The number of carbonyl (C=O) groups excluding carboxylic acids is 1. The number of carbonyl (C=O) groups is 1. The monoisotopic (exact) mass is 340 g/mol. The lowest BCUT2D eigenvalue weighted by atomic mass is 10.0. The van der Waals surface area contributed by atoms with Crippen molar-refractivity contribution in [2.24, 2.45) is 0 Å². The Labute approximate surface area is 146 Å². The van der Waals surface area contributed by atoms with Crippen LogP contribution in [0.2, 0.25) is 0 Å². The van der Waals surface area contributed by atoms with Crippen LogP contribution in [0.15, 0.2) is 36.4 Å². The van der Waals surface area contributed by atoms with Crippen molar-refractivity contribution >= 4 is 11.9 Å². The fraction of sp³-hybridized carbons (Fsp3) is 0.250. The number of ketones is 1. The summed E-state index contributed by atoms with van der Waals surface area (Å²) in [5.41, 5.74) is 2.45. The van der Waals surface area contributed by atoms with Crippen molar-refractivity contribution in [1.29, 1.82) is 0 Å². The summed E-state index contributed by atoms with van der Waals surface area (Å²) in [7, 11) is 4.70. The van der Waals surface area contributed by atoms with Crippen LogP contribution in [0.4, 0.5) is 0 Å². The summed E-state index contributed by atoms with van der Waals surface area (Å²) in [5.74, 6) is 2.53. The highest BCUT2D eigenvalue weighted by Gasteiger charge is 2.14. The molecular formula is C20H20O5. The van der Waals surface area contributed by atoms with Gasteiger partial charge in [0.05, 0.1) is 27.9 Å². The minimum absolute atomic E-state index is 0.0773. The molecule has 5 heteroatoms. The minimum atomic E-state index is -0.0773. The number of allylic oxidation sites excluding steroid dienone is 1. The number of hydrogen-bond acceptors (Lipinski definition) is 5. The van der Waals surface area contributed by atoms with Gasteiger partial charge in [-0.05, 0) is 42.0 Å². The van der Waals surface area contributed by atoms with Gasteiger partial charge in [0, 0.05) is 23.6 Å². The SMILES string of the molecule is COc1cc(OC)c(OC)cc1C=CC(=O)c1ccc2c(c1)CCO2. The average molecular weight is 340 g/mol. The quantitative estimate of drug-likeness (QED) is 0.595. The van der Waals surface area contributed by atoms with E-state index in [-0.39, 0.29) is 5.78 Å². The highest BCUT2D eigenvalue weighted by atomic mass is 16.5. The van der Waals surface area contributed by atoms with Gasteiger partial charge in [0.25, 0.3) is 0 Å². The maximum absolute atomic E-state index is 12.5. The molecular weight excluding hydrogens is 320 g/mol. The zero-order chi connectivity index (χ0) is 17.8. The van der Waals surface area contributed by atoms with E-state index in [0.29, 0.717) is 29.4 Å². The van der Waals surface area contributed by atoms with Crippen LogP contribution in [-0.2, 0) is 6.42 Å². The Bertz CT molecular complexity index is 823. The standard InChI is InChI=1S/C20H20O5/c1-22-18-12-20(24-3)19(23-2)11-14(18)4-6-16(21)13-5-7-17-15(10-13)8-9-25-17/h4-7,10-12H,8-9H2,1-3H3. The van der Waals surface area contributed by atoms with Crippen LogP contribution in [-0.4, -0.2) is 33.7 Å². The fourth-order valence-corrected chi connectivity index (χ4v) is 2.78. The van der Waals surface area contributed by atoms with Crippen LogP contribution >= 0.6 is 0 Å². The molecule has 0 fully saturated rings. The zero-order valence-electron chi connectivity index (χ0n) is 14.5. The van der Waals surface area contributed by atoms with Crippen molar-refractivity contribution in [2.75, 3.05) is 27.9 Å². The molecule has 5 nitrogen and oxygen atoms in total. The van der Waals surface area contributed by atoms with E-state index in [9.17, 15) is 4.79 Å². The van der Waals surface area contributed by atoms with Crippen LogP contribution < -0.4 is 18.9 Å². The lowest BCUT2D eigenvalue weighted by molar-refractivity contribution is 0.104. The number of hydrogen-bond donors (Lipinski definition) is 0. The number of methoxy groups -OCH3 is 3. The van der Waals surface area contributed by atoms with E-state index in [1.165, 1.54) is 6.08 Å². The molecule has 0 radical (unpaired) electrons. The molecule has 2 aromatic carbocycles. The number of ether oxygens (including phenoxy) is 4. The second-order valence-electron chi connectivity index (χ2n) is 5.57. The zero-order valence-corrected chi connectivity index (χ0v) is 14.5. The van der Waals surface area contributed by atoms with E-state index < -0.39 is 0 Å². The third-order valence-corrected chi connectivity index (χ3v) is 4.12. The normalized spacial score (nSPS) is 12.6. The van der Waals surface area contributed by atoms with E-state index in [0.717, 1.165) is 23.3 Å². The maximum atomic E-state index is 12.5. The van der Waals surface area contributed by atoms with E-state index in [2.05, 4.69) is 0 Å². The summed E-state index contributed by atoms with van der Waals surface area (Å²) in [5, 5.41) is 0. The van der Waals surface area contributed by atoms with Crippen molar-refractivity contribution in [3.05, 3.63) is 53.1 Å². The first-order valence-electron chi connectivity index (χ1n) is 7.94. The molecule has 130 valence electrons. The molecule has 1 aliphatic heterocycles. The minimum Gasteiger partial charge on any atom is -0.496 e. The molecule has 0 saturated heterocycles. The second kappa shape index (κ2) is 7.30. The summed E-state index contributed by atoms with van der Waals surface area (Å²) in [6.07, 6.45) is 4.08. The van der Waals surface area contributed by atoms with Gasteiger partial charge in [-0.2, -0.15) is 0 Å². The van der Waals surface area contributed by atoms with E-state index in [4.69, 9.17) is 18.9 Å². The Morgan fingerprint density at radius 2 is 1.72 bits per heavy atom. The molecule has 3 rings (SSSR count). The summed E-state index contributed by atoms with van der Waals surface area (Å²) >= 11 is 0. The van der Waals surface area contributed by atoms with Crippen LogP contribution in [0.3, 0.4) is 0 Å². The molecule has 0 N–H and O–H groups in total. The first-order chi connectivity index (χ1) is 12.2. The third-order valence-electron chi connectivity index (χ3n) is 4.12. The van der Waals surface area contributed by atoms with Gasteiger partial charge in [-0.1, -0.05) is 0 Å². The van der Waals surface area contributed by atoms with Crippen LogP contribution in [0.25, 0.3) is 6.08 Å². The average Bonchev–Trinajstić information content (AvgIpc) is 3.12. The van der Waals surface area contributed by atoms with E-state index in [1.807, 2.05) is 12.1 Å². The molecule has 1 heterocycles. The Morgan fingerprint density at radius 3 is 2.44 bits per heavy atom. The molecule has 0 spiro atoms. The first-order valence-corrected chi connectivity index (χ1v) is 7.94. The molecule has 0 unspecified atom stereocenters. The first kappa shape index (κ1) is 16.9. The second-order valence-corrected chi connectivity index (χ2v) is 5.57. The van der Waals surface area contributed by atoms with Gasteiger partial charge < -0.3 is 18.9 Å². The maximum Gasteiger partial charge on any atom is 0.185 e. The van der Waals surface area contributed by atoms with Crippen molar-refractivity contribution < 1.29 is 23.7 Å². The van der Waals surface area contributed by atoms with Crippen molar-refractivity contribution in [3.8, 4) is 23.0 Å². The lowest BCUT2D eigenvalue weighted by Crippen LogP contribution is -1.97. The molecule has 1 aliphatic rings.